The maximum absolute atomic E-state index is 6.27. The van der Waals surface area contributed by atoms with Gasteiger partial charge in [-0.25, -0.2) is 0 Å². The molecule has 3 aliphatic carbocycles. The minimum Gasteiger partial charge on any atom is -0.378 e. The highest BCUT2D eigenvalue weighted by Gasteiger charge is 2.58. The molecule has 27 heavy (non-hydrogen) atoms. The van der Waals surface area contributed by atoms with Crippen LogP contribution >= 0.6 is 0 Å². The normalized spacial score (nSPS) is 43.4. The van der Waals surface area contributed by atoms with Crippen LogP contribution in [0.25, 0.3) is 5.57 Å². The average molecular weight is 366 g/mol. The van der Waals surface area contributed by atoms with E-state index in [1.165, 1.54) is 56.1 Å². The molecule has 1 saturated heterocycles. The number of aryl methyl sites for hydroxylation is 1. The fourth-order valence-corrected chi connectivity index (χ4v) is 7.56. The number of hydrogen-bond donors (Lipinski definition) is 0. The molecular formula is C25H35NO. The van der Waals surface area contributed by atoms with Gasteiger partial charge < -0.3 is 4.74 Å². The van der Waals surface area contributed by atoms with E-state index in [2.05, 4.69) is 44.1 Å². The van der Waals surface area contributed by atoms with E-state index in [-0.39, 0.29) is 0 Å². The number of hydrogen-bond acceptors (Lipinski definition) is 2. The molecule has 1 aromatic heterocycles. The molecule has 0 aromatic carbocycles. The summed E-state index contributed by atoms with van der Waals surface area (Å²) in [5, 5.41) is 0. The Morgan fingerprint density at radius 3 is 2.85 bits per heavy atom. The number of rotatable bonds is 2. The van der Waals surface area contributed by atoms with Crippen molar-refractivity contribution < 1.29 is 4.74 Å². The molecule has 0 radical (unpaired) electrons. The average Bonchev–Trinajstić information content (AvgIpc) is 3.05. The molecule has 2 heterocycles. The number of nitrogens with zero attached hydrogens (tertiary/aromatic N) is 1. The fraction of sp³-hybridized carbons (Fsp3) is 0.720. The van der Waals surface area contributed by atoms with E-state index < -0.39 is 0 Å². The Labute approximate surface area is 164 Å². The third kappa shape index (κ3) is 2.58. The second kappa shape index (κ2) is 6.44. The van der Waals surface area contributed by atoms with E-state index in [9.17, 15) is 0 Å². The molecule has 0 bridgehead atoms. The van der Waals surface area contributed by atoms with Crippen molar-refractivity contribution in [1.29, 1.82) is 0 Å². The van der Waals surface area contributed by atoms with Gasteiger partial charge in [-0.3, -0.25) is 4.98 Å². The molecule has 0 N–H and O–H groups in total. The van der Waals surface area contributed by atoms with Crippen LogP contribution in [0.15, 0.2) is 24.5 Å². The highest BCUT2D eigenvalue weighted by molar-refractivity contribution is 5.72. The first-order valence-electron chi connectivity index (χ1n) is 11.3. The molecule has 1 aliphatic heterocycles. The van der Waals surface area contributed by atoms with Crippen LogP contribution in [0.4, 0.5) is 0 Å². The van der Waals surface area contributed by atoms with Crippen molar-refractivity contribution in [3.63, 3.8) is 0 Å². The molecule has 5 rings (SSSR count). The highest BCUT2D eigenvalue weighted by Crippen LogP contribution is 2.65. The molecule has 6 atom stereocenters. The first-order chi connectivity index (χ1) is 13.1. The molecule has 2 saturated carbocycles. The van der Waals surface area contributed by atoms with Crippen molar-refractivity contribution in [1.82, 2.24) is 4.98 Å². The maximum Gasteiger partial charge on any atom is 0.0631 e. The van der Waals surface area contributed by atoms with Gasteiger partial charge in [0.25, 0.3) is 0 Å². The first-order valence-corrected chi connectivity index (χ1v) is 11.3. The molecule has 1 aromatic rings. The highest BCUT2D eigenvalue weighted by atomic mass is 16.5. The summed E-state index contributed by atoms with van der Waals surface area (Å²) in [5.41, 5.74) is 5.11. The summed E-state index contributed by atoms with van der Waals surface area (Å²) in [6.07, 6.45) is 17.6. The molecule has 5 unspecified atom stereocenters. The van der Waals surface area contributed by atoms with E-state index in [0.717, 1.165) is 30.8 Å². The molecule has 0 amide bonds. The van der Waals surface area contributed by atoms with Crippen LogP contribution in [0, 0.1) is 28.6 Å². The number of aromatic nitrogens is 1. The van der Waals surface area contributed by atoms with Crippen molar-refractivity contribution in [2.24, 2.45) is 28.6 Å². The van der Waals surface area contributed by atoms with Gasteiger partial charge in [0.2, 0.25) is 0 Å². The molecule has 3 fully saturated rings. The van der Waals surface area contributed by atoms with Crippen LogP contribution in [-0.2, 0) is 11.2 Å². The minimum atomic E-state index is 0.341. The minimum absolute atomic E-state index is 0.341. The zero-order valence-corrected chi connectivity index (χ0v) is 17.3. The lowest BCUT2D eigenvalue weighted by Gasteiger charge is -2.59. The fourth-order valence-electron chi connectivity index (χ4n) is 7.56. The van der Waals surface area contributed by atoms with Crippen LogP contribution in [0.3, 0.4) is 0 Å². The molecule has 4 aliphatic rings. The summed E-state index contributed by atoms with van der Waals surface area (Å²) >= 11 is 0. The predicted octanol–water partition coefficient (Wildman–Crippen LogP) is 6.06. The van der Waals surface area contributed by atoms with E-state index >= 15 is 0 Å². The van der Waals surface area contributed by atoms with Gasteiger partial charge in [-0.05, 0) is 103 Å². The van der Waals surface area contributed by atoms with Crippen molar-refractivity contribution in [2.45, 2.75) is 78.2 Å². The molecule has 0 spiro atoms. The zero-order chi connectivity index (χ0) is 18.6. The molecule has 146 valence electrons. The van der Waals surface area contributed by atoms with Crippen LogP contribution in [0.1, 0.15) is 76.8 Å². The Morgan fingerprint density at radius 1 is 1.11 bits per heavy atom. The first kappa shape index (κ1) is 17.9. The SMILES string of the molecule is CCc1cncc(C2=CC[C@H]3C4CCC5OCCCC5(C)C4CCC23C)c1. The molecule has 2 nitrogen and oxygen atoms in total. The number of fused-ring (bicyclic) bond motifs is 5. The van der Waals surface area contributed by atoms with Gasteiger partial charge >= 0.3 is 0 Å². The standard InChI is InChI=1S/C25H35NO/c1-4-17-14-18(16-26-15-17)20-7-8-21-19-6-9-23-25(3,11-5-13-27-23)22(19)10-12-24(20,21)2/h7,14-16,19,21-23H,4-6,8-13H2,1-3H3/t19?,21-,22?,23?,24?,25?/m0/s1. The van der Waals surface area contributed by atoms with Gasteiger partial charge in [0.15, 0.2) is 0 Å². The van der Waals surface area contributed by atoms with Crippen molar-refractivity contribution in [3.8, 4) is 0 Å². The summed E-state index contributed by atoms with van der Waals surface area (Å²) in [6.45, 7) is 8.35. The van der Waals surface area contributed by atoms with Gasteiger partial charge in [-0.1, -0.05) is 26.8 Å². The van der Waals surface area contributed by atoms with Crippen molar-refractivity contribution >= 4 is 5.57 Å². The second-order valence-corrected chi connectivity index (χ2v) is 10.2. The van der Waals surface area contributed by atoms with Crippen molar-refractivity contribution in [2.75, 3.05) is 6.61 Å². The lowest BCUT2D eigenvalue weighted by molar-refractivity contribution is -0.168. The number of ether oxygens (including phenoxy) is 1. The van der Waals surface area contributed by atoms with Gasteiger partial charge in [0.05, 0.1) is 6.10 Å². The Bertz CT molecular complexity index is 754. The second-order valence-electron chi connectivity index (χ2n) is 10.2. The third-order valence-corrected chi connectivity index (χ3v) is 9.06. The van der Waals surface area contributed by atoms with E-state index in [1.807, 2.05) is 6.20 Å². The summed E-state index contributed by atoms with van der Waals surface area (Å²) in [5.74, 6) is 2.56. The topological polar surface area (TPSA) is 22.1 Å². The monoisotopic (exact) mass is 365 g/mol. The number of pyridine rings is 1. The lowest BCUT2D eigenvalue weighted by Crippen LogP contribution is -2.55. The third-order valence-electron chi connectivity index (χ3n) is 9.06. The quantitative estimate of drug-likeness (QED) is 0.635. The van der Waals surface area contributed by atoms with Gasteiger partial charge in [0.1, 0.15) is 0 Å². The van der Waals surface area contributed by atoms with Gasteiger partial charge in [0, 0.05) is 19.0 Å². The van der Waals surface area contributed by atoms with Crippen molar-refractivity contribution in [3.05, 3.63) is 35.7 Å². The van der Waals surface area contributed by atoms with E-state index in [4.69, 9.17) is 4.74 Å². The van der Waals surface area contributed by atoms with E-state index in [0.29, 0.717) is 16.9 Å². The smallest absolute Gasteiger partial charge is 0.0631 e. The summed E-state index contributed by atoms with van der Waals surface area (Å²) in [4.78, 5) is 4.56. The Hall–Kier alpha value is -1.15. The zero-order valence-electron chi connectivity index (χ0n) is 17.3. The number of allylic oxidation sites excluding steroid dienone is 2. The van der Waals surface area contributed by atoms with Crippen LogP contribution in [0.5, 0.6) is 0 Å². The van der Waals surface area contributed by atoms with Crippen LogP contribution in [-0.4, -0.2) is 17.7 Å². The Kier molecular flexibility index (Phi) is 4.27. The van der Waals surface area contributed by atoms with E-state index in [1.54, 1.807) is 5.57 Å². The van der Waals surface area contributed by atoms with Crippen LogP contribution in [0.2, 0.25) is 0 Å². The van der Waals surface area contributed by atoms with Gasteiger partial charge in [-0.2, -0.15) is 0 Å². The predicted molar refractivity (Wildman–Crippen MR) is 110 cm³/mol. The summed E-state index contributed by atoms with van der Waals surface area (Å²) in [7, 11) is 0. The Morgan fingerprint density at radius 2 is 2.00 bits per heavy atom. The maximum atomic E-state index is 6.27. The van der Waals surface area contributed by atoms with Crippen LogP contribution < -0.4 is 0 Å². The largest absolute Gasteiger partial charge is 0.378 e. The molecule has 2 heteroatoms. The summed E-state index contributed by atoms with van der Waals surface area (Å²) in [6, 6.07) is 2.39. The van der Waals surface area contributed by atoms with Gasteiger partial charge in [-0.15, -0.1) is 0 Å². The lowest BCUT2D eigenvalue weighted by atomic mass is 9.47. The Balaban J connectivity index is 1.45. The summed E-state index contributed by atoms with van der Waals surface area (Å²) < 4.78 is 6.27. The molecular weight excluding hydrogens is 330 g/mol.